The Bertz CT molecular complexity index is 294. The minimum Gasteiger partial charge on any atom is -0.393 e. The summed E-state index contributed by atoms with van der Waals surface area (Å²) in [6.07, 6.45) is 2.07. The van der Waals surface area contributed by atoms with Crippen LogP contribution in [0.1, 0.15) is 33.5 Å². The van der Waals surface area contributed by atoms with Gasteiger partial charge in [-0.05, 0) is 18.8 Å². The van der Waals surface area contributed by atoms with Gasteiger partial charge in [0.2, 0.25) is 0 Å². The Labute approximate surface area is 91.3 Å². The quantitative estimate of drug-likeness (QED) is 0.803. The first-order valence-corrected chi connectivity index (χ1v) is 5.55. The van der Waals surface area contributed by atoms with Crippen LogP contribution in [0.25, 0.3) is 0 Å². The van der Waals surface area contributed by atoms with Gasteiger partial charge in [-0.15, -0.1) is 0 Å². The van der Waals surface area contributed by atoms with E-state index in [9.17, 15) is 5.11 Å². The third kappa shape index (κ3) is 3.63. The number of nitrogens with zero attached hydrogens (tertiary/aromatic N) is 3. The zero-order valence-corrected chi connectivity index (χ0v) is 10.0. The van der Waals surface area contributed by atoms with Gasteiger partial charge in [0.25, 0.3) is 0 Å². The van der Waals surface area contributed by atoms with Crippen molar-refractivity contribution in [3.8, 4) is 0 Å². The molecule has 0 amide bonds. The second-order valence-electron chi connectivity index (χ2n) is 4.67. The highest BCUT2D eigenvalue weighted by molar-refractivity contribution is 4.87. The standard InChI is InChI=1S/C11H21N3O/c1-8(2)6-14-11(12-7-13-14)5-9(3)10(4)15/h7-10,15H,5-6H2,1-4H3. The Morgan fingerprint density at radius 1 is 1.33 bits per heavy atom. The molecule has 1 aromatic rings. The molecule has 0 aliphatic carbocycles. The Morgan fingerprint density at radius 3 is 2.53 bits per heavy atom. The molecule has 2 atom stereocenters. The van der Waals surface area contributed by atoms with E-state index in [2.05, 4.69) is 23.9 Å². The van der Waals surface area contributed by atoms with Gasteiger partial charge in [0.15, 0.2) is 0 Å². The zero-order valence-electron chi connectivity index (χ0n) is 10.0. The maximum Gasteiger partial charge on any atom is 0.138 e. The van der Waals surface area contributed by atoms with Crippen LogP contribution in [-0.2, 0) is 13.0 Å². The number of rotatable bonds is 5. The van der Waals surface area contributed by atoms with Gasteiger partial charge in [0, 0.05) is 13.0 Å². The van der Waals surface area contributed by atoms with Gasteiger partial charge in [0.05, 0.1) is 6.10 Å². The lowest BCUT2D eigenvalue weighted by Gasteiger charge is -2.15. The molecule has 86 valence electrons. The van der Waals surface area contributed by atoms with Gasteiger partial charge in [-0.2, -0.15) is 5.10 Å². The third-order valence-electron chi connectivity index (χ3n) is 2.56. The van der Waals surface area contributed by atoms with Gasteiger partial charge in [0.1, 0.15) is 12.2 Å². The Morgan fingerprint density at radius 2 is 2.00 bits per heavy atom. The van der Waals surface area contributed by atoms with Crippen molar-refractivity contribution in [1.29, 1.82) is 0 Å². The van der Waals surface area contributed by atoms with Gasteiger partial charge in [-0.25, -0.2) is 9.67 Å². The summed E-state index contributed by atoms with van der Waals surface area (Å²) in [7, 11) is 0. The number of aliphatic hydroxyl groups excluding tert-OH is 1. The van der Waals surface area contributed by atoms with Gasteiger partial charge >= 0.3 is 0 Å². The number of aliphatic hydroxyl groups is 1. The molecule has 0 saturated heterocycles. The van der Waals surface area contributed by atoms with Crippen LogP contribution in [-0.4, -0.2) is 26.0 Å². The van der Waals surface area contributed by atoms with Crippen molar-refractivity contribution in [2.75, 3.05) is 0 Å². The van der Waals surface area contributed by atoms with Gasteiger partial charge in [-0.3, -0.25) is 0 Å². The molecule has 0 aliphatic rings. The van der Waals surface area contributed by atoms with Crippen LogP contribution in [0.4, 0.5) is 0 Å². The van der Waals surface area contributed by atoms with E-state index >= 15 is 0 Å². The molecule has 4 nitrogen and oxygen atoms in total. The lowest BCUT2D eigenvalue weighted by atomic mass is 10.0. The van der Waals surface area contributed by atoms with Crippen molar-refractivity contribution < 1.29 is 5.11 Å². The number of aromatic nitrogens is 3. The lowest BCUT2D eigenvalue weighted by Crippen LogP contribution is -2.19. The zero-order chi connectivity index (χ0) is 11.4. The fraction of sp³-hybridized carbons (Fsp3) is 0.818. The van der Waals surface area contributed by atoms with Crippen LogP contribution in [0.15, 0.2) is 6.33 Å². The molecule has 0 bridgehead atoms. The van der Waals surface area contributed by atoms with Crippen LogP contribution in [0, 0.1) is 11.8 Å². The molecular formula is C11H21N3O. The Kier molecular flexibility index (Phi) is 4.27. The molecule has 4 heteroatoms. The maximum absolute atomic E-state index is 9.44. The van der Waals surface area contributed by atoms with E-state index < -0.39 is 0 Å². The summed E-state index contributed by atoms with van der Waals surface area (Å²) in [5.41, 5.74) is 0. The molecule has 1 aromatic heterocycles. The number of hydrogen-bond donors (Lipinski definition) is 1. The van der Waals surface area contributed by atoms with E-state index in [0.717, 1.165) is 18.8 Å². The second-order valence-corrected chi connectivity index (χ2v) is 4.67. The minimum absolute atomic E-state index is 0.222. The monoisotopic (exact) mass is 211 g/mol. The summed E-state index contributed by atoms with van der Waals surface area (Å²) in [6, 6.07) is 0. The average molecular weight is 211 g/mol. The predicted molar refractivity (Wildman–Crippen MR) is 59.4 cm³/mol. The van der Waals surface area contributed by atoms with Crippen molar-refractivity contribution in [2.45, 2.75) is 46.8 Å². The van der Waals surface area contributed by atoms with Crippen molar-refractivity contribution in [2.24, 2.45) is 11.8 Å². The second kappa shape index (κ2) is 5.26. The maximum atomic E-state index is 9.44. The van der Waals surface area contributed by atoms with Crippen molar-refractivity contribution >= 4 is 0 Å². The van der Waals surface area contributed by atoms with E-state index in [1.165, 1.54) is 0 Å². The summed E-state index contributed by atoms with van der Waals surface area (Å²) in [5.74, 6) is 1.75. The molecule has 0 aromatic carbocycles. The predicted octanol–water partition coefficient (Wildman–Crippen LogP) is 1.49. The van der Waals surface area contributed by atoms with Crippen LogP contribution in [0.2, 0.25) is 0 Å². The summed E-state index contributed by atoms with van der Waals surface area (Å²) in [4.78, 5) is 4.23. The summed E-state index contributed by atoms with van der Waals surface area (Å²) in [5, 5.41) is 13.6. The fourth-order valence-corrected chi connectivity index (χ4v) is 1.40. The van der Waals surface area contributed by atoms with E-state index in [1.807, 2.05) is 18.5 Å². The SMILES string of the molecule is CC(C)Cn1ncnc1CC(C)C(C)O. The Hall–Kier alpha value is -0.900. The van der Waals surface area contributed by atoms with Crippen LogP contribution < -0.4 is 0 Å². The van der Waals surface area contributed by atoms with E-state index in [0.29, 0.717) is 5.92 Å². The highest BCUT2D eigenvalue weighted by Crippen LogP contribution is 2.10. The minimum atomic E-state index is -0.297. The highest BCUT2D eigenvalue weighted by atomic mass is 16.3. The average Bonchev–Trinajstić information content (AvgIpc) is 2.51. The largest absolute Gasteiger partial charge is 0.393 e. The van der Waals surface area contributed by atoms with E-state index in [1.54, 1.807) is 6.33 Å². The third-order valence-corrected chi connectivity index (χ3v) is 2.56. The molecule has 1 heterocycles. The molecule has 0 aliphatic heterocycles. The van der Waals surface area contributed by atoms with Crippen LogP contribution in [0.5, 0.6) is 0 Å². The summed E-state index contributed by atoms with van der Waals surface area (Å²) < 4.78 is 1.93. The molecule has 2 unspecified atom stereocenters. The molecule has 0 spiro atoms. The van der Waals surface area contributed by atoms with Gasteiger partial charge < -0.3 is 5.11 Å². The fourth-order valence-electron chi connectivity index (χ4n) is 1.40. The van der Waals surface area contributed by atoms with E-state index in [-0.39, 0.29) is 12.0 Å². The van der Waals surface area contributed by atoms with Crippen LogP contribution in [0.3, 0.4) is 0 Å². The molecule has 1 rings (SSSR count). The lowest BCUT2D eigenvalue weighted by molar-refractivity contribution is 0.133. The highest BCUT2D eigenvalue weighted by Gasteiger charge is 2.14. The first-order chi connectivity index (χ1) is 7.00. The smallest absolute Gasteiger partial charge is 0.138 e. The van der Waals surface area contributed by atoms with Crippen LogP contribution >= 0.6 is 0 Å². The first kappa shape index (κ1) is 12.2. The van der Waals surface area contributed by atoms with E-state index in [4.69, 9.17) is 0 Å². The molecule has 0 saturated carbocycles. The molecular weight excluding hydrogens is 190 g/mol. The Balaban J connectivity index is 2.64. The first-order valence-electron chi connectivity index (χ1n) is 5.55. The van der Waals surface area contributed by atoms with Crippen molar-refractivity contribution in [3.05, 3.63) is 12.2 Å². The molecule has 15 heavy (non-hydrogen) atoms. The summed E-state index contributed by atoms with van der Waals surface area (Å²) >= 11 is 0. The molecule has 0 radical (unpaired) electrons. The molecule has 0 fully saturated rings. The summed E-state index contributed by atoms with van der Waals surface area (Å²) in [6.45, 7) is 9.04. The molecule has 1 N–H and O–H groups in total. The van der Waals surface area contributed by atoms with Gasteiger partial charge in [-0.1, -0.05) is 20.8 Å². The normalized spacial score (nSPS) is 15.6. The van der Waals surface area contributed by atoms with Crippen molar-refractivity contribution in [3.63, 3.8) is 0 Å². The number of hydrogen-bond acceptors (Lipinski definition) is 3. The topological polar surface area (TPSA) is 50.9 Å². The van der Waals surface area contributed by atoms with Crippen molar-refractivity contribution in [1.82, 2.24) is 14.8 Å².